The molecule has 1 heterocycles. The number of anilines is 1. The third-order valence-electron chi connectivity index (χ3n) is 3.29. The highest BCUT2D eigenvalue weighted by atomic mass is 16.6. The molecule has 21 heavy (non-hydrogen) atoms. The second kappa shape index (κ2) is 6.16. The Balaban J connectivity index is 1.90. The molecule has 5 nitrogen and oxygen atoms in total. The monoisotopic (exact) mass is 289 g/mol. The van der Waals surface area contributed by atoms with Gasteiger partial charge in [0.05, 0.1) is 0 Å². The summed E-state index contributed by atoms with van der Waals surface area (Å²) < 4.78 is 5.27. The molecule has 2 rings (SSSR count). The van der Waals surface area contributed by atoms with E-state index in [0.717, 1.165) is 24.8 Å². The highest BCUT2D eigenvalue weighted by Gasteiger charge is 2.21. The zero-order valence-electron chi connectivity index (χ0n) is 12.8. The summed E-state index contributed by atoms with van der Waals surface area (Å²) in [6, 6.07) is 3.92. The molecule has 1 aromatic heterocycles. The van der Waals surface area contributed by atoms with Gasteiger partial charge in [0.1, 0.15) is 11.4 Å². The summed E-state index contributed by atoms with van der Waals surface area (Å²) in [7, 11) is 0. The van der Waals surface area contributed by atoms with Gasteiger partial charge in [-0.05, 0) is 63.3 Å². The molecule has 0 fully saturated rings. The Labute approximate surface area is 125 Å². The first-order valence-electron chi connectivity index (χ1n) is 7.24. The highest BCUT2D eigenvalue weighted by molar-refractivity contribution is 5.69. The molecule has 1 amide bonds. The molecule has 3 N–H and O–H groups in total. The van der Waals surface area contributed by atoms with Crippen LogP contribution in [0.4, 0.5) is 10.6 Å². The minimum Gasteiger partial charge on any atom is -0.444 e. The van der Waals surface area contributed by atoms with Gasteiger partial charge in [0.25, 0.3) is 0 Å². The standard InChI is InChI=1S/C16H23N3O2/c1-16(2,3)21-15(20)19-13-7-4-11(5-8-13)12-6-9-14(17)18-10-12/h4,6,9-10,13H,5,7-8H2,1-3H3,(H2,17,18)(H,19,20). The Morgan fingerprint density at radius 2 is 2.19 bits per heavy atom. The topological polar surface area (TPSA) is 77.2 Å². The number of pyridine rings is 1. The van der Waals surface area contributed by atoms with E-state index in [1.165, 1.54) is 5.57 Å². The van der Waals surface area contributed by atoms with Crippen molar-refractivity contribution in [3.05, 3.63) is 30.0 Å². The summed E-state index contributed by atoms with van der Waals surface area (Å²) in [4.78, 5) is 15.8. The lowest BCUT2D eigenvalue weighted by Gasteiger charge is -2.25. The lowest BCUT2D eigenvalue weighted by molar-refractivity contribution is 0.0502. The van der Waals surface area contributed by atoms with E-state index in [0.29, 0.717) is 5.82 Å². The second-order valence-electron chi connectivity index (χ2n) is 6.32. The Hall–Kier alpha value is -2.04. The smallest absolute Gasteiger partial charge is 0.407 e. The molecule has 0 aromatic carbocycles. The Morgan fingerprint density at radius 1 is 1.43 bits per heavy atom. The molecule has 1 unspecified atom stereocenters. The molecule has 1 aliphatic carbocycles. The summed E-state index contributed by atoms with van der Waals surface area (Å²) in [5.41, 5.74) is 7.48. The lowest BCUT2D eigenvalue weighted by atomic mass is 9.91. The number of carbonyl (C=O) groups is 1. The third kappa shape index (κ3) is 4.77. The lowest BCUT2D eigenvalue weighted by Crippen LogP contribution is -2.39. The van der Waals surface area contributed by atoms with E-state index in [-0.39, 0.29) is 12.1 Å². The summed E-state index contributed by atoms with van der Waals surface area (Å²) in [6.45, 7) is 5.58. The first-order valence-corrected chi connectivity index (χ1v) is 7.24. The van der Waals surface area contributed by atoms with Crippen LogP contribution in [0.2, 0.25) is 0 Å². The van der Waals surface area contributed by atoms with Crippen LogP contribution in [0.1, 0.15) is 45.6 Å². The van der Waals surface area contributed by atoms with E-state index in [2.05, 4.69) is 16.4 Å². The predicted octanol–water partition coefficient (Wildman–Crippen LogP) is 3.12. The average molecular weight is 289 g/mol. The van der Waals surface area contributed by atoms with Crippen molar-refractivity contribution >= 4 is 17.5 Å². The number of nitrogens with zero attached hydrogens (tertiary/aromatic N) is 1. The van der Waals surface area contributed by atoms with Crippen molar-refractivity contribution in [2.24, 2.45) is 0 Å². The van der Waals surface area contributed by atoms with E-state index >= 15 is 0 Å². The fourth-order valence-electron chi connectivity index (χ4n) is 2.30. The molecule has 5 heteroatoms. The fourth-order valence-corrected chi connectivity index (χ4v) is 2.30. The Kier molecular flexibility index (Phi) is 4.50. The SMILES string of the molecule is CC(C)(C)OC(=O)NC1CC=C(c2ccc(N)nc2)CC1. The summed E-state index contributed by atoms with van der Waals surface area (Å²) in [5, 5.41) is 2.92. The number of carbonyl (C=O) groups excluding carboxylic acids is 1. The van der Waals surface area contributed by atoms with Gasteiger partial charge in [-0.3, -0.25) is 0 Å². The van der Waals surface area contributed by atoms with Gasteiger partial charge in [0.2, 0.25) is 0 Å². The van der Waals surface area contributed by atoms with Crippen LogP contribution >= 0.6 is 0 Å². The number of allylic oxidation sites excluding steroid dienone is 1. The van der Waals surface area contributed by atoms with E-state index in [4.69, 9.17) is 10.5 Å². The van der Waals surface area contributed by atoms with Crippen LogP contribution in [0.25, 0.3) is 5.57 Å². The van der Waals surface area contributed by atoms with Gasteiger partial charge in [-0.25, -0.2) is 9.78 Å². The largest absolute Gasteiger partial charge is 0.444 e. The van der Waals surface area contributed by atoms with Crippen LogP contribution in [0.15, 0.2) is 24.4 Å². The van der Waals surface area contributed by atoms with Crippen molar-refractivity contribution < 1.29 is 9.53 Å². The summed E-state index contributed by atoms with van der Waals surface area (Å²) >= 11 is 0. The van der Waals surface area contributed by atoms with Crippen molar-refractivity contribution in [2.45, 2.75) is 51.7 Å². The number of aromatic nitrogens is 1. The summed E-state index contributed by atoms with van der Waals surface area (Å²) in [5.74, 6) is 0.527. The van der Waals surface area contributed by atoms with Gasteiger partial charge < -0.3 is 15.8 Å². The normalized spacial score (nSPS) is 18.8. The van der Waals surface area contributed by atoms with Crippen molar-refractivity contribution in [3.8, 4) is 0 Å². The Morgan fingerprint density at radius 3 is 2.71 bits per heavy atom. The van der Waals surface area contributed by atoms with Gasteiger partial charge in [-0.15, -0.1) is 0 Å². The van der Waals surface area contributed by atoms with E-state index in [1.807, 2.05) is 26.8 Å². The van der Waals surface area contributed by atoms with Gasteiger partial charge in [0, 0.05) is 12.2 Å². The molecular formula is C16H23N3O2. The number of alkyl carbamates (subject to hydrolysis) is 1. The number of rotatable bonds is 2. The van der Waals surface area contributed by atoms with Gasteiger partial charge in [-0.1, -0.05) is 6.08 Å². The molecule has 0 bridgehead atoms. The molecule has 0 aliphatic heterocycles. The van der Waals surface area contributed by atoms with Crippen LogP contribution in [-0.2, 0) is 4.74 Å². The molecule has 0 radical (unpaired) electrons. The van der Waals surface area contributed by atoms with E-state index in [1.54, 1.807) is 12.3 Å². The number of hydrogen-bond donors (Lipinski definition) is 2. The van der Waals surface area contributed by atoms with E-state index in [9.17, 15) is 4.79 Å². The fraction of sp³-hybridized carbons (Fsp3) is 0.500. The highest BCUT2D eigenvalue weighted by Crippen LogP contribution is 2.27. The number of nitrogen functional groups attached to an aromatic ring is 1. The molecule has 1 atom stereocenters. The van der Waals surface area contributed by atoms with Gasteiger partial charge >= 0.3 is 6.09 Å². The molecule has 114 valence electrons. The molecule has 1 aromatic rings. The second-order valence-corrected chi connectivity index (χ2v) is 6.32. The Bertz CT molecular complexity index is 529. The van der Waals surface area contributed by atoms with Gasteiger partial charge in [-0.2, -0.15) is 0 Å². The first-order chi connectivity index (χ1) is 9.83. The average Bonchev–Trinajstić information content (AvgIpc) is 2.38. The van der Waals surface area contributed by atoms with Crippen molar-refractivity contribution in [2.75, 3.05) is 5.73 Å². The summed E-state index contributed by atoms with van der Waals surface area (Å²) in [6.07, 6.45) is 6.21. The predicted molar refractivity (Wildman–Crippen MR) is 83.6 cm³/mol. The van der Waals surface area contributed by atoms with Crippen molar-refractivity contribution in [1.82, 2.24) is 10.3 Å². The number of amides is 1. The minimum absolute atomic E-state index is 0.130. The number of ether oxygens (including phenoxy) is 1. The van der Waals surface area contributed by atoms with Crippen LogP contribution in [0, 0.1) is 0 Å². The first kappa shape index (κ1) is 15.4. The minimum atomic E-state index is -0.463. The number of nitrogens with one attached hydrogen (secondary N) is 1. The zero-order valence-corrected chi connectivity index (χ0v) is 12.8. The van der Waals surface area contributed by atoms with Crippen molar-refractivity contribution in [3.63, 3.8) is 0 Å². The quantitative estimate of drug-likeness (QED) is 0.877. The maximum atomic E-state index is 11.7. The van der Waals surface area contributed by atoms with Crippen LogP contribution < -0.4 is 11.1 Å². The molecular weight excluding hydrogens is 266 g/mol. The third-order valence-corrected chi connectivity index (χ3v) is 3.29. The number of hydrogen-bond acceptors (Lipinski definition) is 4. The maximum Gasteiger partial charge on any atom is 0.407 e. The van der Waals surface area contributed by atoms with Crippen molar-refractivity contribution in [1.29, 1.82) is 0 Å². The zero-order chi connectivity index (χ0) is 15.5. The van der Waals surface area contributed by atoms with Crippen LogP contribution in [-0.4, -0.2) is 22.7 Å². The maximum absolute atomic E-state index is 11.7. The van der Waals surface area contributed by atoms with Crippen LogP contribution in [0.3, 0.4) is 0 Å². The molecule has 0 spiro atoms. The molecule has 0 saturated heterocycles. The molecule has 1 aliphatic rings. The van der Waals surface area contributed by atoms with Gasteiger partial charge in [0.15, 0.2) is 0 Å². The van der Waals surface area contributed by atoms with E-state index < -0.39 is 5.60 Å². The van der Waals surface area contributed by atoms with Crippen LogP contribution in [0.5, 0.6) is 0 Å². The number of nitrogens with two attached hydrogens (primary N) is 1. The molecule has 0 saturated carbocycles.